The van der Waals surface area contributed by atoms with Gasteiger partial charge in [-0.05, 0) is 35.7 Å². The van der Waals surface area contributed by atoms with Crippen LogP contribution in [-0.2, 0) is 11.3 Å². The summed E-state index contributed by atoms with van der Waals surface area (Å²) in [6.45, 7) is 3.99. The third-order valence-corrected chi connectivity index (χ3v) is 4.41. The molecule has 2 amide bonds. The lowest BCUT2D eigenvalue weighted by Gasteiger charge is -2.34. The van der Waals surface area contributed by atoms with Crippen LogP contribution in [0.4, 0.5) is 0 Å². The first-order valence-electron chi connectivity index (χ1n) is 6.92. The Balaban J connectivity index is 1.74. The zero-order chi connectivity index (χ0) is 14.3. The van der Waals surface area contributed by atoms with Crippen molar-refractivity contribution in [1.82, 2.24) is 19.6 Å². The van der Waals surface area contributed by atoms with Crippen LogP contribution in [0.3, 0.4) is 0 Å². The monoisotopic (exact) mass is 340 g/mol. The van der Waals surface area contributed by atoms with Gasteiger partial charge in [-0.1, -0.05) is 0 Å². The Morgan fingerprint density at radius 1 is 1.45 bits per heavy atom. The summed E-state index contributed by atoms with van der Waals surface area (Å²) < 4.78 is 2.34. The number of carbonyl (C=O) groups excluding carboxylic acids is 2. The first kappa shape index (κ1) is 13.6. The van der Waals surface area contributed by atoms with Gasteiger partial charge in [-0.15, -0.1) is 0 Å². The fraction of sp³-hybridized carbons (Fsp3) is 0.615. The number of nitrogens with zero attached hydrogens (tertiary/aromatic N) is 4. The third-order valence-electron chi connectivity index (χ3n) is 3.83. The van der Waals surface area contributed by atoms with Crippen molar-refractivity contribution in [2.45, 2.75) is 32.4 Å². The van der Waals surface area contributed by atoms with Gasteiger partial charge in [0.05, 0.1) is 10.7 Å². The molecule has 0 aromatic carbocycles. The van der Waals surface area contributed by atoms with Crippen LogP contribution in [0.5, 0.6) is 0 Å². The molecule has 7 heteroatoms. The van der Waals surface area contributed by atoms with Crippen LogP contribution < -0.4 is 0 Å². The second-order valence-electron chi connectivity index (χ2n) is 5.20. The maximum Gasteiger partial charge on any atom is 0.273 e. The number of rotatable bonds is 3. The molecular weight excluding hydrogens is 324 g/mol. The molecule has 1 saturated carbocycles. The summed E-state index contributed by atoms with van der Waals surface area (Å²) in [6.07, 6.45) is 3.83. The van der Waals surface area contributed by atoms with Crippen molar-refractivity contribution in [2.24, 2.45) is 0 Å². The van der Waals surface area contributed by atoms with Crippen LogP contribution in [0.25, 0.3) is 0 Å². The highest BCUT2D eigenvalue weighted by Crippen LogP contribution is 2.28. The summed E-state index contributed by atoms with van der Waals surface area (Å²) in [5, 5.41) is 4.15. The molecule has 0 unspecified atom stereocenters. The first-order valence-corrected chi connectivity index (χ1v) is 7.71. The number of hydrogen-bond donors (Lipinski definition) is 0. The molecule has 0 N–H and O–H groups in total. The summed E-state index contributed by atoms with van der Waals surface area (Å²) in [4.78, 5) is 28.2. The molecule has 0 spiro atoms. The molecule has 0 bridgehead atoms. The van der Waals surface area contributed by atoms with Crippen molar-refractivity contribution < 1.29 is 9.59 Å². The van der Waals surface area contributed by atoms with Crippen LogP contribution in [-0.4, -0.2) is 57.1 Å². The molecule has 6 nitrogen and oxygen atoms in total. The van der Waals surface area contributed by atoms with Gasteiger partial charge in [0.2, 0.25) is 5.91 Å². The second kappa shape index (κ2) is 5.20. The van der Waals surface area contributed by atoms with Gasteiger partial charge in [-0.2, -0.15) is 5.10 Å². The summed E-state index contributed by atoms with van der Waals surface area (Å²) in [5.74, 6) is -0.0641. The molecule has 20 heavy (non-hydrogen) atoms. The Morgan fingerprint density at radius 2 is 2.20 bits per heavy atom. The molecule has 1 aromatic heterocycles. The molecule has 108 valence electrons. The SMILES string of the molecule is CCn1ncc(Br)c1C(=O)N1CCN(C2CC2)C(=O)C1. The number of halogens is 1. The molecule has 1 aliphatic heterocycles. The quantitative estimate of drug-likeness (QED) is 0.828. The molecule has 1 aliphatic carbocycles. The standard InChI is InChI=1S/C13H17BrN4O2/c1-2-18-12(10(14)7-15-18)13(20)16-5-6-17(9-3-4-9)11(19)8-16/h7,9H,2-6,8H2,1H3. The van der Waals surface area contributed by atoms with Crippen molar-refractivity contribution in [3.05, 3.63) is 16.4 Å². The molecule has 1 saturated heterocycles. The summed E-state index contributed by atoms with van der Waals surface area (Å²) in [5.41, 5.74) is 0.528. The fourth-order valence-electron chi connectivity index (χ4n) is 2.60. The van der Waals surface area contributed by atoms with Crippen LogP contribution in [0.1, 0.15) is 30.3 Å². The molecule has 2 fully saturated rings. The van der Waals surface area contributed by atoms with Gasteiger partial charge in [0.25, 0.3) is 5.91 Å². The zero-order valence-electron chi connectivity index (χ0n) is 11.4. The number of piperazine rings is 1. The highest BCUT2D eigenvalue weighted by atomic mass is 79.9. The van der Waals surface area contributed by atoms with E-state index in [4.69, 9.17) is 0 Å². The average Bonchev–Trinajstić information content (AvgIpc) is 3.20. The Kier molecular flexibility index (Phi) is 3.54. The maximum absolute atomic E-state index is 12.6. The highest BCUT2D eigenvalue weighted by molar-refractivity contribution is 9.10. The van der Waals surface area contributed by atoms with Crippen LogP contribution in [0.2, 0.25) is 0 Å². The van der Waals surface area contributed by atoms with Crippen molar-refractivity contribution in [3.8, 4) is 0 Å². The highest BCUT2D eigenvalue weighted by Gasteiger charge is 2.37. The van der Waals surface area contributed by atoms with E-state index in [0.717, 1.165) is 12.8 Å². The molecule has 2 aliphatic rings. The van der Waals surface area contributed by atoms with Gasteiger partial charge < -0.3 is 9.80 Å². The fourth-order valence-corrected chi connectivity index (χ4v) is 3.06. The van der Waals surface area contributed by atoms with Gasteiger partial charge in [-0.25, -0.2) is 0 Å². The zero-order valence-corrected chi connectivity index (χ0v) is 13.0. The van der Waals surface area contributed by atoms with Crippen molar-refractivity contribution in [2.75, 3.05) is 19.6 Å². The average molecular weight is 341 g/mol. The minimum Gasteiger partial charge on any atom is -0.336 e. The lowest BCUT2D eigenvalue weighted by Crippen LogP contribution is -2.53. The number of hydrogen-bond acceptors (Lipinski definition) is 3. The second-order valence-corrected chi connectivity index (χ2v) is 6.06. The summed E-state index contributed by atoms with van der Waals surface area (Å²) in [6, 6.07) is 0.424. The summed E-state index contributed by atoms with van der Waals surface area (Å²) >= 11 is 3.36. The van der Waals surface area contributed by atoms with Gasteiger partial charge in [0.1, 0.15) is 12.2 Å². The third kappa shape index (κ3) is 2.34. The number of amides is 2. The van der Waals surface area contributed by atoms with Crippen LogP contribution in [0, 0.1) is 0 Å². The largest absolute Gasteiger partial charge is 0.336 e. The van der Waals surface area contributed by atoms with E-state index >= 15 is 0 Å². The van der Waals surface area contributed by atoms with E-state index in [2.05, 4.69) is 21.0 Å². The van der Waals surface area contributed by atoms with Gasteiger partial charge >= 0.3 is 0 Å². The van der Waals surface area contributed by atoms with E-state index in [0.29, 0.717) is 35.8 Å². The normalized spacial score (nSPS) is 19.6. The smallest absolute Gasteiger partial charge is 0.273 e. The first-order chi connectivity index (χ1) is 9.61. The number of aryl methyl sites for hydroxylation is 1. The Morgan fingerprint density at radius 3 is 2.80 bits per heavy atom. The minimum absolute atomic E-state index is 0.0609. The molecular formula is C13H17BrN4O2. The Labute approximate surface area is 125 Å². The van der Waals surface area contributed by atoms with E-state index < -0.39 is 0 Å². The van der Waals surface area contributed by atoms with Gasteiger partial charge in [0.15, 0.2) is 0 Å². The molecule has 2 heterocycles. The van der Waals surface area contributed by atoms with Crippen molar-refractivity contribution in [1.29, 1.82) is 0 Å². The van der Waals surface area contributed by atoms with Gasteiger partial charge in [-0.3, -0.25) is 14.3 Å². The minimum atomic E-state index is -0.125. The molecule has 1 aromatic rings. The Bertz CT molecular complexity index is 553. The molecule has 3 rings (SSSR count). The van der Waals surface area contributed by atoms with E-state index in [1.165, 1.54) is 0 Å². The predicted molar refractivity (Wildman–Crippen MR) is 76.2 cm³/mol. The number of aromatic nitrogens is 2. The van der Waals surface area contributed by atoms with Gasteiger partial charge in [0, 0.05) is 25.7 Å². The predicted octanol–water partition coefficient (Wildman–Crippen LogP) is 1.11. The topological polar surface area (TPSA) is 58.4 Å². The van der Waals surface area contributed by atoms with Crippen LogP contribution >= 0.6 is 15.9 Å². The lowest BCUT2D eigenvalue weighted by atomic mass is 10.2. The van der Waals surface area contributed by atoms with E-state index in [1.54, 1.807) is 15.8 Å². The number of carbonyl (C=O) groups is 2. The molecule has 0 radical (unpaired) electrons. The van der Waals surface area contributed by atoms with Crippen molar-refractivity contribution in [3.63, 3.8) is 0 Å². The molecule has 0 atom stereocenters. The summed E-state index contributed by atoms with van der Waals surface area (Å²) in [7, 11) is 0. The maximum atomic E-state index is 12.6. The van der Waals surface area contributed by atoms with E-state index in [1.807, 2.05) is 11.8 Å². The van der Waals surface area contributed by atoms with E-state index in [-0.39, 0.29) is 18.4 Å². The van der Waals surface area contributed by atoms with Crippen LogP contribution in [0.15, 0.2) is 10.7 Å². The van der Waals surface area contributed by atoms with Crippen molar-refractivity contribution >= 4 is 27.7 Å². The Hall–Kier alpha value is -1.37. The van der Waals surface area contributed by atoms with E-state index in [9.17, 15) is 9.59 Å². The lowest BCUT2D eigenvalue weighted by molar-refractivity contribution is -0.135.